The Labute approximate surface area is 367 Å². The summed E-state index contributed by atoms with van der Waals surface area (Å²) in [6.07, 6.45) is -10.7. The molecule has 0 bridgehead atoms. The maximum absolute atomic E-state index is 13.8. The molecule has 2 saturated carbocycles. The SMILES string of the molecule is COC1CC(OC2C(O)CC(OC3C(O)CC(OC4CC5=CCC6C(=O)C(c7ccoc7C)CCC6C5(C)CC4O)OC3C)OC2C)OC(C)C1OC1OC(CO)C(O)C(O)C1O. The molecular weight excluding hydrogens is 828 g/mol. The minimum absolute atomic E-state index is 0.0307. The van der Waals surface area contributed by atoms with Crippen molar-refractivity contribution in [1.82, 2.24) is 0 Å². The molecule has 0 amide bonds. The predicted octanol–water partition coefficient (Wildman–Crippen LogP) is 1.24. The van der Waals surface area contributed by atoms with E-state index in [2.05, 4.69) is 13.0 Å². The summed E-state index contributed by atoms with van der Waals surface area (Å²) in [5.41, 5.74) is 1.86. The molecule has 4 saturated heterocycles. The zero-order valence-electron chi connectivity index (χ0n) is 36.9. The molecule has 0 radical (unpaired) electrons. The summed E-state index contributed by atoms with van der Waals surface area (Å²) in [6.45, 7) is 8.71. The van der Waals surface area contributed by atoms with Crippen molar-refractivity contribution in [3.05, 3.63) is 35.3 Å². The Bertz CT molecular complexity index is 1710. The van der Waals surface area contributed by atoms with Crippen LogP contribution in [-0.2, 0) is 47.4 Å². The smallest absolute Gasteiger partial charge is 0.187 e. The van der Waals surface area contributed by atoms with Gasteiger partial charge in [-0.2, -0.15) is 0 Å². The number of aliphatic hydroxyl groups excluding tert-OH is 7. The summed E-state index contributed by atoms with van der Waals surface area (Å²) in [5, 5.41) is 74.6. The average molecular weight is 897 g/mol. The predicted molar refractivity (Wildman–Crippen MR) is 216 cm³/mol. The maximum Gasteiger partial charge on any atom is 0.187 e. The standard InChI is InChI=1S/C45H68O18/c1-19-24(11-12-55-19)25-9-10-27-26(37(25)50)8-7-23-13-31(30(49)17-45(23,27)5)59-34-14-28(47)41(20(2)56-34)61-35-15-29(48)42(21(3)57-35)62-36-16-32(54-6)43(22(4)58-36)63-44-40(53)39(52)38(51)33(18-46)60-44/h7,11-12,20-22,25-36,38-44,46-49,51-53H,8-10,13-18H2,1-6H3. The van der Waals surface area contributed by atoms with E-state index in [1.54, 1.807) is 27.0 Å². The first kappa shape index (κ1) is 47.5. The third-order valence-electron chi connectivity index (χ3n) is 15.2. The van der Waals surface area contributed by atoms with E-state index in [9.17, 15) is 40.5 Å². The zero-order chi connectivity index (χ0) is 45.1. The zero-order valence-corrected chi connectivity index (χ0v) is 36.9. The first-order valence-corrected chi connectivity index (χ1v) is 22.7. The quantitative estimate of drug-likeness (QED) is 0.154. The molecule has 18 heteroatoms. The number of allylic oxidation sites excluding steroid dienone is 1. The molecule has 23 atom stereocenters. The maximum atomic E-state index is 13.8. The number of ether oxygens (including phenoxy) is 9. The minimum atomic E-state index is -1.61. The molecule has 23 unspecified atom stereocenters. The fourth-order valence-corrected chi connectivity index (χ4v) is 11.7. The van der Waals surface area contributed by atoms with Gasteiger partial charge in [0.15, 0.2) is 25.2 Å². The van der Waals surface area contributed by atoms with Gasteiger partial charge in [0.1, 0.15) is 54.3 Å². The van der Waals surface area contributed by atoms with Crippen molar-refractivity contribution in [1.29, 1.82) is 0 Å². The fourth-order valence-electron chi connectivity index (χ4n) is 11.7. The van der Waals surface area contributed by atoms with E-state index in [1.165, 1.54) is 12.7 Å². The molecule has 356 valence electrons. The number of hydrogen-bond acceptors (Lipinski definition) is 18. The highest BCUT2D eigenvalue weighted by Crippen LogP contribution is 2.58. The van der Waals surface area contributed by atoms with E-state index in [0.29, 0.717) is 19.3 Å². The van der Waals surface area contributed by atoms with Crippen LogP contribution in [0.25, 0.3) is 0 Å². The first-order valence-electron chi connectivity index (χ1n) is 22.7. The van der Waals surface area contributed by atoms with Gasteiger partial charge in [0.2, 0.25) is 0 Å². The van der Waals surface area contributed by atoms with Crippen LogP contribution in [0.4, 0.5) is 0 Å². The van der Waals surface area contributed by atoms with Gasteiger partial charge in [-0.15, -0.1) is 0 Å². The van der Waals surface area contributed by atoms with Crippen LogP contribution in [0.3, 0.4) is 0 Å². The van der Waals surface area contributed by atoms with Gasteiger partial charge in [-0.25, -0.2) is 0 Å². The van der Waals surface area contributed by atoms with Crippen LogP contribution in [0.1, 0.15) is 96.3 Å². The Morgan fingerprint density at radius 3 is 1.95 bits per heavy atom. The van der Waals surface area contributed by atoms with Crippen LogP contribution in [0, 0.1) is 24.2 Å². The molecule has 8 rings (SSSR count). The van der Waals surface area contributed by atoms with Gasteiger partial charge in [0.25, 0.3) is 0 Å². The van der Waals surface area contributed by atoms with E-state index in [4.69, 9.17) is 47.0 Å². The summed E-state index contributed by atoms with van der Waals surface area (Å²) in [7, 11) is 1.48. The lowest BCUT2D eigenvalue weighted by molar-refractivity contribution is -0.356. The number of Topliss-reactive ketones (excluding diaryl/α,β-unsaturated/α-hetero) is 1. The Kier molecular flexibility index (Phi) is 14.6. The third-order valence-corrected chi connectivity index (χ3v) is 15.2. The number of fused-ring (bicyclic) bond motifs is 3. The highest BCUT2D eigenvalue weighted by molar-refractivity contribution is 5.89. The Morgan fingerprint density at radius 2 is 1.37 bits per heavy atom. The molecule has 0 aromatic carbocycles. The molecule has 5 heterocycles. The van der Waals surface area contributed by atoms with Crippen LogP contribution in [0.2, 0.25) is 0 Å². The number of carbonyl (C=O) groups excluding carboxylic acids is 1. The molecule has 7 aliphatic rings. The van der Waals surface area contributed by atoms with E-state index < -0.39 is 123 Å². The number of aryl methyl sites for hydroxylation is 1. The van der Waals surface area contributed by atoms with Gasteiger partial charge >= 0.3 is 0 Å². The summed E-state index contributed by atoms with van der Waals surface area (Å²) in [5.74, 6) is 0.928. The van der Waals surface area contributed by atoms with E-state index in [1.807, 2.05) is 13.0 Å². The van der Waals surface area contributed by atoms with Crippen LogP contribution >= 0.6 is 0 Å². The van der Waals surface area contributed by atoms with Crippen molar-refractivity contribution in [3.8, 4) is 0 Å². The topological polar surface area (TPSA) is 255 Å². The van der Waals surface area contributed by atoms with E-state index in [0.717, 1.165) is 24.2 Å². The van der Waals surface area contributed by atoms with Crippen molar-refractivity contribution in [2.75, 3.05) is 13.7 Å². The summed E-state index contributed by atoms with van der Waals surface area (Å²) in [4.78, 5) is 13.8. The molecule has 3 aliphatic carbocycles. The second-order valence-electron chi connectivity index (χ2n) is 19.1. The summed E-state index contributed by atoms with van der Waals surface area (Å²) < 4.78 is 60.1. The highest BCUT2D eigenvalue weighted by atomic mass is 16.8. The summed E-state index contributed by atoms with van der Waals surface area (Å²) >= 11 is 0. The Hall–Kier alpha value is -1.95. The monoisotopic (exact) mass is 896 g/mol. The molecular formula is C45H68O18. The molecule has 6 fully saturated rings. The van der Waals surface area contributed by atoms with Crippen molar-refractivity contribution < 1.29 is 87.6 Å². The number of rotatable bonds is 11. The summed E-state index contributed by atoms with van der Waals surface area (Å²) in [6, 6.07) is 1.92. The molecule has 63 heavy (non-hydrogen) atoms. The molecule has 1 aromatic rings. The van der Waals surface area contributed by atoms with Gasteiger partial charge in [-0.05, 0) is 77.2 Å². The normalized spacial score (nSPS) is 49.5. The molecule has 4 aliphatic heterocycles. The number of methoxy groups -OCH3 is 1. The van der Waals surface area contributed by atoms with Crippen LogP contribution in [-0.4, -0.2) is 172 Å². The van der Waals surface area contributed by atoms with Crippen molar-refractivity contribution >= 4 is 5.78 Å². The van der Waals surface area contributed by atoms with Gasteiger partial charge in [-0.3, -0.25) is 4.79 Å². The van der Waals surface area contributed by atoms with Gasteiger partial charge in [0.05, 0.1) is 61.7 Å². The average Bonchev–Trinajstić information content (AvgIpc) is 3.67. The Balaban J connectivity index is 0.810. The van der Waals surface area contributed by atoms with Crippen molar-refractivity contribution in [2.24, 2.45) is 17.3 Å². The first-order chi connectivity index (χ1) is 30.0. The number of furan rings is 1. The number of aliphatic hydroxyl groups is 7. The fraction of sp³-hybridized carbons (Fsp3) is 0.844. The van der Waals surface area contributed by atoms with Crippen LogP contribution in [0.5, 0.6) is 0 Å². The minimum Gasteiger partial charge on any atom is -0.469 e. The molecule has 0 spiro atoms. The van der Waals surface area contributed by atoms with Gasteiger partial charge < -0.3 is 82.8 Å². The second kappa shape index (κ2) is 19.3. The number of carbonyl (C=O) groups is 1. The van der Waals surface area contributed by atoms with E-state index >= 15 is 0 Å². The lowest BCUT2D eigenvalue weighted by atomic mass is 9.51. The lowest BCUT2D eigenvalue weighted by Crippen LogP contribution is -2.62. The highest BCUT2D eigenvalue weighted by Gasteiger charge is 2.55. The van der Waals surface area contributed by atoms with Gasteiger partial charge in [0, 0.05) is 43.8 Å². The van der Waals surface area contributed by atoms with Crippen LogP contribution in [0.15, 0.2) is 28.4 Å². The van der Waals surface area contributed by atoms with Gasteiger partial charge in [-0.1, -0.05) is 18.6 Å². The van der Waals surface area contributed by atoms with Crippen LogP contribution < -0.4 is 0 Å². The largest absolute Gasteiger partial charge is 0.469 e. The van der Waals surface area contributed by atoms with E-state index in [-0.39, 0.29) is 48.2 Å². The lowest BCUT2D eigenvalue weighted by Gasteiger charge is -2.54. The van der Waals surface area contributed by atoms with Crippen molar-refractivity contribution in [3.63, 3.8) is 0 Å². The number of ketones is 1. The molecule has 7 N–H and O–H groups in total. The second-order valence-corrected chi connectivity index (χ2v) is 19.1. The number of hydrogen-bond donors (Lipinski definition) is 7. The molecule has 18 nitrogen and oxygen atoms in total. The van der Waals surface area contributed by atoms with Crippen molar-refractivity contribution in [2.45, 2.75) is 209 Å². The molecule has 1 aromatic heterocycles. The third kappa shape index (κ3) is 9.36. The Morgan fingerprint density at radius 1 is 0.746 bits per heavy atom.